The van der Waals surface area contributed by atoms with Gasteiger partial charge in [0.15, 0.2) is 0 Å². The standard InChI is InChI=1S/C14H18BrN3O5/c1-9-6-10(2-4-17(9)14(19)20)3-5-23-13-12(15)7-11(8-16-13)18(21)22/h7-10H,2-6H2,1H3,(H,19,20)/t9-,10-/m0/s1. The first-order valence-corrected chi connectivity index (χ1v) is 8.10. The summed E-state index contributed by atoms with van der Waals surface area (Å²) in [6.45, 7) is 2.89. The molecular formula is C14H18BrN3O5. The van der Waals surface area contributed by atoms with E-state index in [1.54, 1.807) is 0 Å². The van der Waals surface area contributed by atoms with E-state index < -0.39 is 11.0 Å². The Labute approximate surface area is 141 Å². The van der Waals surface area contributed by atoms with Crippen LogP contribution in [-0.4, -0.2) is 45.2 Å². The first-order valence-electron chi connectivity index (χ1n) is 7.30. The molecule has 1 aromatic rings. The number of rotatable bonds is 5. The van der Waals surface area contributed by atoms with Crippen molar-refractivity contribution in [2.45, 2.75) is 32.2 Å². The van der Waals surface area contributed by atoms with Gasteiger partial charge in [0.2, 0.25) is 5.88 Å². The van der Waals surface area contributed by atoms with Crippen LogP contribution in [0.5, 0.6) is 5.88 Å². The third-order valence-electron chi connectivity index (χ3n) is 4.00. The number of carbonyl (C=O) groups is 1. The van der Waals surface area contributed by atoms with Gasteiger partial charge in [-0.05, 0) is 48.0 Å². The molecule has 8 nitrogen and oxygen atoms in total. The van der Waals surface area contributed by atoms with Gasteiger partial charge in [0, 0.05) is 18.7 Å². The molecule has 0 unspecified atom stereocenters. The van der Waals surface area contributed by atoms with Gasteiger partial charge in [0.05, 0.1) is 16.0 Å². The number of ether oxygens (including phenoxy) is 1. The Balaban J connectivity index is 1.82. The van der Waals surface area contributed by atoms with Crippen LogP contribution in [0.4, 0.5) is 10.5 Å². The predicted octanol–water partition coefficient (Wildman–Crippen LogP) is 3.30. The SMILES string of the molecule is C[C@H]1C[C@H](CCOc2ncc([N+](=O)[O-])cc2Br)CCN1C(=O)O. The number of nitro groups is 1. The molecule has 23 heavy (non-hydrogen) atoms. The minimum atomic E-state index is -0.869. The van der Waals surface area contributed by atoms with E-state index in [2.05, 4.69) is 20.9 Å². The monoisotopic (exact) mass is 387 g/mol. The zero-order chi connectivity index (χ0) is 17.0. The number of piperidine rings is 1. The molecule has 2 atom stereocenters. The van der Waals surface area contributed by atoms with Crippen molar-refractivity contribution in [3.8, 4) is 5.88 Å². The van der Waals surface area contributed by atoms with Crippen molar-refractivity contribution in [1.29, 1.82) is 0 Å². The van der Waals surface area contributed by atoms with Gasteiger partial charge in [-0.15, -0.1) is 0 Å². The normalized spacial score (nSPS) is 21.0. The molecule has 9 heteroatoms. The number of nitrogens with zero attached hydrogens (tertiary/aromatic N) is 3. The molecule has 0 saturated carbocycles. The average Bonchev–Trinajstić information content (AvgIpc) is 2.48. The number of pyridine rings is 1. The predicted molar refractivity (Wildman–Crippen MR) is 85.6 cm³/mol. The molecule has 1 aromatic heterocycles. The third-order valence-corrected chi connectivity index (χ3v) is 4.57. The van der Waals surface area contributed by atoms with Crippen LogP contribution >= 0.6 is 15.9 Å². The molecule has 1 saturated heterocycles. The maximum absolute atomic E-state index is 11.0. The molecule has 0 spiro atoms. The zero-order valence-electron chi connectivity index (χ0n) is 12.6. The summed E-state index contributed by atoms with van der Waals surface area (Å²) in [7, 11) is 0. The van der Waals surface area contributed by atoms with Crippen LogP contribution in [0.3, 0.4) is 0 Å². The maximum atomic E-state index is 11.0. The molecule has 1 aliphatic heterocycles. The number of amides is 1. The minimum Gasteiger partial charge on any atom is -0.477 e. The summed E-state index contributed by atoms with van der Waals surface area (Å²) in [6.07, 6.45) is 2.71. The van der Waals surface area contributed by atoms with Crippen LogP contribution < -0.4 is 4.74 Å². The number of hydrogen-bond donors (Lipinski definition) is 1. The molecule has 1 aliphatic rings. The van der Waals surface area contributed by atoms with E-state index in [4.69, 9.17) is 9.84 Å². The molecule has 0 bridgehead atoms. The van der Waals surface area contributed by atoms with Gasteiger partial charge < -0.3 is 14.7 Å². The summed E-state index contributed by atoms with van der Waals surface area (Å²) in [6, 6.07) is 1.37. The second-order valence-electron chi connectivity index (χ2n) is 5.59. The summed E-state index contributed by atoms with van der Waals surface area (Å²) < 4.78 is 6.02. The molecule has 1 N–H and O–H groups in total. The Bertz CT molecular complexity index is 598. The van der Waals surface area contributed by atoms with E-state index in [1.807, 2.05) is 6.92 Å². The second-order valence-corrected chi connectivity index (χ2v) is 6.44. The molecule has 126 valence electrons. The van der Waals surface area contributed by atoms with Crippen LogP contribution in [-0.2, 0) is 0 Å². The fourth-order valence-corrected chi connectivity index (χ4v) is 3.21. The summed E-state index contributed by atoms with van der Waals surface area (Å²) in [5, 5.41) is 19.7. The molecule has 1 fully saturated rings. The molecule has 2 rings (SSSR count). The van der Waals surface area contributed by atoms with Crippen LogP contribution in [0.2, 0.25) is 0 Å². The van der Waals surface area contributed by atoms with Crippen molar-refractivity contribution in [2.75, 3.05) is 13.2 Å². The average molecular weight is 388 g/mol. The zero-order valence-corrected chi connectivity index (χ0v) is 14.2. The number of likely N-dealkylation sites (tertiary alicyclic amines) is 1. The Kier molecular flexibility index (Phi) is 5.75. The molecule has 0 aliphatic carbocycles. The van der Waals surface area contributed by atoms with Crippen molar-refractivity contribution in [3.05, 3.63) is 26.9 Å². The quantitative estimate of drug-likeness (QED) is 0.613. The lowest BCUT2D eigenvalue weighted by atomic mass is 9.89. The van der Waals surface area contributed by atoms with E-state index in [-0.39, 0.29) is 11.7 Å². The van der Waals surface area contributed by atoms with E-state index >= 15 is 0 Å². The summed E-state index contributed by atoms with van der Waals surface area (Å²) >= 11 is 3.21. The topological polar surface area (TPSA) is 106 Å². The third kappa shape index (κ3) is 4.54. The minimum absolute atomic E-state index is 0.00971. The lowest BCUT2D eigenvalue weighted by molar-refractivity contribution is -0.385. The fraction of sp³-hybridized carbons (Fsp3) is 0.571. The molecule has 2 heterocycles. The molecule has 0 aromatic carbocycles. The highest BCUT2D eigenvalue weighted by molar-refractivity contribution is 9.10. The van der Waals surface area contributed by atoms with E-state index in [0.29, 0.717) is 29.4 Å². The first kappa shape index (κ1) is 17.5. The Hall–Kier alpha value is -1.90. The summed E-state index contributed by atoms with van der Waals surface area (Å²) in [5.41, 5.74) is -0.0981. The van der Waals surface area contributed by atoms with Crippen molar-refractivity contribution < 1.29 is 19.6 Å². The maximum Gasteiger partial charge on any atom is 0.407 e. The highest BCUT2D eigenvalue weighted by atomic mass is 79.9. The molecule has 0 radical (unpaired) electrons. The van der Waals surface area contributed by atoms with Gasteiger partial charge in [0.25, 0.3) is 5.69 Å². The van der Waals surface area contributed by atoms with E-state index in [1.165, 1.54) is 11.0 Å². The number of halogens is 1. The van der Waals surface area contributed by atoms with Gasteiger partial charge in [-0.3, -0.25) is 10.1 Å². The molecular weight excluding hydrogens is 370 g/mol. The van der Waals surface area contributed by atoms with Gasteiger partial charge >= 0.3 is 6.09 Å². The first-order chi connectivity index (χ1) is 10.9. The molecule has 1 amide bonds. The Morgan fingerprint density at radius 1 is 1.65 bits per heavy atom. The van der Waals surface area contributed by atoms with Crippen LogP contribution in [0.25, 0.3) is 0 Å². The Morgan fingerprint density at radius 3 is 2.96 bits per heavy atom. The van der Waals surface area contributed by atoms with Crippen molar-refractivity contribution >= 4 is 27.7 Å². The van der Waals surface area contributed by atoms with Crippen molar-refractivity contribution in [1.82, 2.24) is 9.88 Å². The fourth-order valence-electron chi connectivity index (χ4n) is 2.76. The second kappa shape index (κ2) is 7.58. The number of aromatic nitrogens is 1. The van der Waals surface area contributed by atoms with Gasteiger partial charge in [-0.25, -0.2) is 9.78 Å². The van der Waals surface area contributed by atoms with Crippen LogP contribution in [0.1, 0.15) is 26.2 Å². The van der Waals surface area contributed by atoms with Crippen LogP contribution in [0.15, 0.2) is 16.7 Å². The number of hydrogen-bond acceptors (Lipinski definition) is 5. The van der Waals surface area contributed by atoms with Gasteiger partial charge in [-0.1, -0.05) is 0 Å². The number of carboxylic acid groups (broad SMARTS) is 1. The smallest absolute Gasteiger partial charge is 0.407 e. The van der Waals surface area contributed by atoms with Crippen molar-refractivity contribution in [3.63, 3.8) is 0 Å². The summed E-state index contributed by atoms with van der Waals surface area (Å²) in [5.74, 6) is 0.726. The largest absolute Gasteiger partial charge is 0.477 e. The highest BCUT2D eigenvalue weighted by Crippen LogP contribution is 2.28. The lowest BCUT2D eigenvalue weighted by Gasteiger charge is -2.35. The van der Waals surface area contributed by atoms with Gasteiger partial charge in [-0.2, -0.15) is 0 Å². The summed E-state index contributed by atoms with van der Waals surface area (Å²) in [4.78, 5) is 26.6. The van der Waals surface area contributed by atoms with E-state index in [0.717, 1.165) is 25.5 Å². The van der Waals surface area contributed by atoms with Crippen molar-refractivity contribution in [2.24, 2.45) is 5.92 Å². The lowest BCUT2D eigenvalue weighted by Crippen LogP contribution is -2.44. The Morgan fingerprint density at radius 2 is 2.39 bits per heavy atom. The highest BCUT2D eigenvalue weighted by Gasteiger charge is 2.28. The van der Waals surface area contributed by atoms with Crippen LogP contribution in [0, 0.1) is 16.0 Å². The van der Waals surface area contributed by atoms with E-state index in [9.17, 15) is 14.9 Å². The van der Waals surface area contributed by atoms with Gasteiger partial charge in [0.1, 0.15) is 6.20 Å².